The minimum Gasteiger partial charge on any atom is -0.459 e. The molecule has 2 aromatic heterocycles. The van der Waals surface area contributed by atoms with Gasteiger partial charge in [0.1, 0.15) is 0 Å². The number of nitrogens with zero attached hydrogens (tertiary/aromatic N) is 3. The summed E-state index contributed by atoms with van der Waals surface area (Å²) in [6.45, 7) is 0.0792. The molecule has 0 aliphatic carbocycles. The van der Waals surface area contributed by atoms with E-state index in [2.05, 4.69) is 20.8 Å². The zero-order valence-electron chi connectivity index (χ0n) is 14.9. The van der Waals surface area contributed by atoms with Crippen LogP contribution < -0.4 is 10.6 Å². The van der Waals surface area contributed by atoms with E-state index >= 15 is 0 Å². The van der Waals surface area contributed by atoms with Crippen molar-refractivity contribution in [3.8, 4) is 0 Å². The van der Waals surface area contributed by atoms with Crippen LogP contribution >= 0.6 is 11.8 Å². The highest BCUT2D eigenvalue weighted by Crippen LogP contribution is 2.21. The van der Waals surface area contributed by atoms with Crippen molar-refractivity contribution in [2.75, 3.05) is 11.1 Å². The molecule has 8 nitrogen and oxygen atoms in total. The number of thioether (sulfide) groups is 1. The number of hydrogen-bond donors (Lipinski definition) is 2. The molecule has 0 fully saturated rings. The number of hydrogen-bond acceptors (Lipinski definition) is 6. The van der Waals surface area contributed by atoms with Gasteiger partial charge in [0.05, 0.1) is 24.2 Å². The Bertz CT molecular complexity index is 1040. The fourth-order valence-corrected chi connectivity index (χ4v) is 2.95. The number of benzene rings is 1. The predicted molar refractivity (Wildman–Crippen MR) is 96.6 cm³/mol. The Kier molecular flexibility index (Phi) is 6.22. The third-order valence-corrected chi connectivity index (χ3v) is 4.74. The van der Waals surface area contributed by atoms with E-state index < -0.39 is 35.0 Å². The molecule has 2 N–H and O–H groups in total. The number of carbonyl (C=O) groups is 2. The lowest BCUT2D eigenvalue weighted by molar-refractivity contribution is -0.113. The SMILES string of the molecule is Cn1c(CNC(=O)c2ccco2)nnc1SCC(=O)Nc1ccc(F)c(F)c1F. The molecule has 0 spiro atoms. The van der Waals surface area contributed by atoms with Gasteiger partial charge in [0.2, 0.25) is 5.91 Å². The second-order valence-corrected chi connectivity index (χ2v) is 6.62. The van der Waals surface area contributed by atoms with Gasteiger partial charge in [-0.25, -0.2) is 13.2 Å². The fraction of sp³-hybridized carbons (Fsp3) is 0.176. The number of amides is 2. The summed E-state index contributed by atoms with van der Waals surface area (Å²) in [5, 5.41) is 13.0. The Morgan fingerprint density at radius 3 is 2.69 bits per heavy atom. The molecule has 2 amide bonds. The summed E-state index contributed by atoms with van der Waals surface area (Å²) in [5.74, 6) is -5.14. The quantitative estimate of drug-likeness (QED) is 0.446. The van der Waals surface area contributed by atoms with Crippen LogP contribution in [-0.2, 0) is 18.4 Å². The first-order valence-corrected chi connectivity index (χ1v) is 9.11. The van der Waals surface area contributed by atoms with Crippen LogP contribution in [0.3, 0.4) is 0 Å². The molecule has 12 heteroatoms. The summed E-state index contributed by atoms with van der Waals surface area (Å²) in [4.78, 5) is 23.8. The molecule has 0 aliphatic rings. The normalized spacial score (nSPS) is 10.8. The number of furan rings is 1. The molecule has 0 aliphatic heterocycles. The fourth-order valence-electron chi connectivity index (χ4n) is 2.22. The summed E-state index contributed by atoms with van der Waals surface area (Å²) in [6.07, 6.45) is 1.38. The lowest BCUT2D eigenvalue weighted by Crippen LogP contribution is -2.24. The van der Waals surface area contributed by atoms with E-state index in [1.54, 1.807) is 17.7 Å². The van der Waals surface area contributed by atoms with E-state index in [4.69, 9.17) is 4.42 Å². The van der Waals surface area contributed by atoms with Crippen molar-refractivity contribution >= 4 is 29.3 Å². The predicted octanol–water partition coefficient (Wildman–Crippen LogP) is 2.49. The van der Waals surface area contributed by atoms with Crippen LogP contribution in [0.2, 0.25) is 0 Å². The van der Waals surface area contributed by atoms with Crippen LogP contribution in [-0.4, -0.2) is 32.3 Å². The van der Waals surface area contributed by atoms with Gasteiger partial charge in [-0.05, 0) is 24.3 Å². The van der Waals surface area contributed by atoms with Gasteiger partial charge in [-0.3, -0.25) is 9.59 Å². The molecule has 0 radical (unpaired) electrons. The third-order valence-electron chi connectivity index (χ3n) is 3.72. The van der Waals surface area contributed by atoms with Gasteiger partial charge in [-0.2, -0.15) is 0 Å². The maximum Gasteiger partial charge on any atom is 0.287 e. The van der Waals surface area contributed by atoms with Gasteiger partial charge in [0.25, 0.3) is 5.91 Å². The van der Waals surface area contributed by atoms with E-state index in [1.807, 2.05) is 0 Å². The largest absolute Gasteiger partial charge is 0.459 e. The Hall–Kier alpha value is -3.28. The first-order chi connectivity index (χ1) is 13.9. The van der Waals surface area contributed by atoms with E-state index in [-0.39, 0.29) is 18.1 Å². The molecule has 152 valence electrons. The molecular weight excluding hydrogens is 411 g/mol. The summed E-state index contributed by atoms with van der Waals surface area (Å²) in [7, 11) is 1.64. The maximum absolute atomic E-state index is 13.6. The summed E-state index contributed by atoms with van der Waals surface area (Å²) >= 11 is 0.996. The van der Waals surface area contributed by atoms with Crippen LogP contribution in [0.4, 0.5) is 18.9 Å². The zero-order chi connectivity index (χ0) is 21.0. The Morgan fingerprint density at radius 1 is 1.17 bits per heavy atom. The molecule has 0 saturated heterocycles. The lowest BCUT2D eigenvalue weighted by atomic mass is 10.3. The number of halogens is 3. The van der Waals surface area contributed by atoms with Gasteiger partial charge in [-0.1, -0.05) is 11.8 Å². The maximum atomic E-state index is 13.6. The number of rotatable bonds is 7. The van der Waals surface area contributed by atoms with Crippen molar-refractivity contribution < 1.29 is 27.2 Å². The Morgan fingerprint density at radius 2 is 1.97 bits per heavy atom. The number of carbonyl (C=O) groups excluding carboxylic acids is 2. The molecule has 2 heterocycles. The van der Waals surface area contributed by atoms with Crippen LogP contribution in [0.15, 0.2) is 40.1 Å². The highest BCUT2D eigenvalue weighted by Gasteiger charge is 2.17. The monoisotopic (exact) mass is 425 g/mol. The summed E-state index contributed by atoms with van der Waals surface area (Å²) in [6, 6.07) is 4.75. The minimum atomic E-state index is -1.66. The van der Waals surface area contributed by atoms with Gasteiger partial charge in [0.15, 0.2) is 34.2 Å². The van der Waals surface area contributed by atoms with Crippen LogP contribution in [0.5, 0.6) is 0 Å². The summed E-state index contributed by atoms with van der Waals surface area (Å²) in [5.41, 5.74) is -0.464. The van der Waals surface area contributed by atoms with E-state index in [9.17, 15) is 22.8 Å². The molecule has 3 rings (SSSR count). The van der Waals surface area contributed by atoms with Crippen molar-refractivity contribution in [2.24, 2.45) is 7.05 Å². The zero-order valence-corrected chi connectivity index (χ0v) is 15.7. The number of anilines is 1. The van der Waals surface area contributed by atoms with Crippen molar-refractivity contribution in [1.82, 2.24) is 20.1 Å². The standard InChI is InChI=1S/C17H14F3N5O3S/c1-25-12(7-21-16(27)11-3-2-6-28-11)23-24-17(25)29-8-13(26)22-10-5-4-9(18)14(19)15(10)20/h2-6H,7-8H2,1H3,(H,21,27)(H,22,26). The average Bonchev–Trinajstić information content (AvgIpc) is 3.35. The topological polar surface area (TPSA) is 102 Å². The molecule has 1 aromatic carbocycles. The molecular formula is C17H14F3N5O3S. The summed E-state index contributed by atoms with van der Waals surface area (Å²) < 4.78 is 46.3. The van der Waals surface area contributed by atoms with E-state index in [0.717, 1.165) is 17.8 Å². The smallest absolute Gasteiger partial charge is 0.287 e. The van der Waals surface area contributed by atoms with Crippen LogP contribution in [0.1, 0.15) is 16.4 Å². The molecule has 3 aromatic rings. The van der Waals surface area contributed by atoms with E-state index in [0.29, 0.717) is 17.0 Å². The van der Waals surface area contributed by atoms with Gasteiger partial charge >= 0.3 is 0 Å². The second-order valence-electron chi connectivity index (χ2n) is 5.68. The Balaban J connectivity index is 1.54. The van der Waals surface area contributed by atoms with Crippen molar-refractivity contribution in [3.05, 3.63) is 59.6 Å². The van der Waals surface area contributed by atoms with Crippen LogP contribution in [0, 0.1) is 17.5 Å². The van der Waals surface area contributed by atoms with Gasteiger partial charge in [0, 0.05) is 7.05 Å². The van der Waals surface area contributed by atoms with Gasteiger partial charge in [-0.15, -0.1) is 10.2 Å². The number of aromatic nitrogens is 3. The van der Waals surface area contributed by atoms with Gasteiger partial charge < -0.3 is 19.6 Å². The minimum absolute atomic E-state index is 0.0792. The highest BCUT2D eigenvalue weighted by atomic mass is 32.2. The van der Waals surface area contributed by atoms with E-state index in [1.165, 1.54) is 12.3 Å². The molecule has 0 atom stereocenters. The van der Waals surface area contributed by atoms with Crippen molar-refractivity contribution in [3.63, 3.8) is 0 Å². The van der Waals surface area contributed by atoms with Crippen LogP contribution in [0.25, 0.3) is 0 Å². The molecule has 29 heavy (non-hydrogen) atoms. The Labute approximate surface area is 166 Å². The van der Waals surface area contributed by atoms with Crippen molar-refractivity contribution in [1.29, 1.82) is 0 Å². The number of nitrogens with one attached hydrogen (secondary N) is 2. The average molecular weight is 425 g/mol. The molecule has 0 unspecified atom stereocenters. The second kappa shape index (κ2) is 8.82. The first kappa shape index (κ1) is 20.5. The van der Waals surface area contributed by atoms with Crippen molar-refractivity contribution in [2.45, 2.75) is 11.7 Å². The first-order valence-electron chi connectivity index (χ1n) is 8.13. The molecule has 0 saturated carbocycles. The molecule has 0 bridgehead atoms. The highest BCUT2D eigenvalue weighted by molar-refractivity contribution is 7.99. The lowest BCUT2D eigenvalue weighted by Gasteiger charge is -2.07. The third kappa shape index (κ3) is 4.77.